The molecule has 4 aromatic carbocycles. The number of rotatable bonds is 6. The Kier molecular flexibility index (Phi) is 11.2. The minimum absolute atomic E-state index is 0.304. The molecule has 0 heterocycles. The van der Waals surface area contributed by atoms with Gasteiger partial charge in [0, 0.05) is 0 Å². The van der Waals surface area contributed by atoms with E-state index in [0.717, 1.165) is 74.1 Å². The first-order valence-electron chi connectivity index (χ1n) is 16.0. The van der Waals surface area contributed by atoms with Gasteiger partial charge in [0.15, 0.2) is 0 Å². The smallest absolute Gasteiger partial charge is 0.338 e. The van der Waals surface area contributed by atoms with Gasteiger partial charge in [-0.25, -0.2) is 9.59 Å². The fourth-order valence-electron chi connectivity index (χ4n) is 6.37. The number of fused-ring (bicyclic) bond motifs is 2. The third-order valence-corrected chi connectivity index (χ3v) is 10.3. The highest BCUT2D eigenvalue weighted by Crippen LogP contribution is 2.35. The minimum atomic E-state index is -0.305. The van der Waals surface area contributed by atoms with Gasteiger partial charge < -0.3 is 18.9 Å². The van der Waals surface area contributed by atoms with Crippen molar-refractivity contribution in [2.24, 2.45) is 11.8 Å². The summed E-state index contributed by atoms with van der Waals surface area (Å²) >= 11 is 2.31. The van der Waals surface area contributed by atoms with E-state index < -0.39 is 0 Å². The van der Waals surface area contributed by atoms with Crippen LogP contribution in [-0.4, -0.2) is 38.4 Å². The lowest BCUT2D eigenvalue weighted by molar-refractivity contribution is 0.0594. The van der Waals surface area contributed by atoms with Crippen LogP contribution in [0.4, 0.5) is 0 Å². The van der Waals surface area contributed by atoms with Crippen molar-refractivity contribution in [1.29, 1.82) is 0 Å². The second-order valence-electron chi connectivity index (χ2n) is 12.4. The largest absolute Gasteiger partial charge is 0.490 e. The first-order valence-corrected chi connectivity index (χ1v) is 17.1. The molecule has 2 fully saturated rings. The van der Waals surface area contributed by atoms with Crippen LogP contribution in [0.2, 0.25) is 0 Å². The first kappa shape index (κ1) is 33.0. The highest BCUT2D eigenvalue weighted by Gasteiger charge is 2.22. The standard InChI is InChI=1S/C19H21IO3.C19H22O3/c1-12-6-8-13(9-7-12)23-17-11-10-14-15(18(17)20)4-3-5-16(14)19(21)22-2;1-13-6-8-15(9-7-13)22-16-10-11-17-14(12-16)4-3-5-18(17)19(20)21-2/h3-5,10-13H,6-9H2,1-2H3;3-5,10-13,15H,6-9H2,1-2H3. The molecular weight excluding hydrogens is 679 g/mol. The molecule has 4 aromatic rings. The average Bonchev–Trinajstić information content (AvgIpc) is 3.07. The van der Waals surface area contributed by atoms with Crippen molar-refractivity contribution in [2.45, 2.75) is 77.4 Å². The summed E-state index contributed by atoms with van der Waals surface area (Å²) in [5.41, 5.74) is 1.19. The van der Waals surface area contributed by atoms with Crippen LogP contribution in [0.1, 0.15) is 85.9 Å². The molecule has 238 valence electrons. The van der Waals surface area contributed by atoms with Crippen LogP contribution < -0.4 is 9.47 Å². The molecule has 6 nitrogen and oxygen atoms in total. The number of carbonyl (C=O) groups is 2. The fourth-order valence-corrected chi connectivity index (χ4v) is 7.15. The highest BCUT2D eigenvalue weighted by atomic mass is 127. The van der Waals surface area contributed by atoms with Gasteiger partial charge in [-0.05, 0) is 150 Å². The molecule has 45 heavy (non-hydrogen) atoms. The number of hydrogen-bond donors (Lipinski definition) is 0. The Labute approximate surface area is 279 Å². The van der Waals surface area contributed by atoms with Crippen LogP contribution in [0.25, 0.3) is 21.5 Å². The molecule has 0 atom stereocenters. The van der Waals surface area contributed by atoms with Crippen LogP contribution in [-0.2, 0) is 9.47 Å². The molecule has 0 radical (unpaired) electrons. The van der Waals surface area contributed by atoms with E-state index in [1.54, 1.807) is 12.1 Å². The first-order chi connectivity index (χ1) is 21.8. The van der Waals surface area contributed by atoms with E-state index in [0.29, 0.717) is 23.3 Å². The Morgan fingerprint density at radius 1 is 0.622 bits per heavy atom. The molecule has 2 aliphatic rings. The summed E-state index contributed by atoms with van der Waals surface area (Å²) in [6.07, 6.45) is 10.1. The average molecular weight is 723 g/mol. The zero-order chi connectivity index (χ0) is 31.9. The van der Waals surface area contributed by atoms with Crippen molar-refractivity contribution in [1.82, 2.24) is 0 Å². The topological polar surface area (TPSA) is 71.1 Å². The van der Waals surface area contributed by atoms with Crippen molar-refractivity contribution < 1.29 is 28.5 Å². The number of carbonyl (C=O) groups excluding carboxylic acids is 2. The van der Waals surface area contributed by atoms with Gasteiger partial charge >= 0.3 is 11.9 Å². The third kappa shape index (κ3) is 8.10. The lowest BCUT2D eigenvalue weighted by Gasteiger charge is -2.27. The maximum absolute atomic E-state index is 11.9. The third-order valence-electron chi connectivity index (χ3n) is 9.14. The molecule has 6 rings (SSSR count). The maximum Gasteiger partial charge on any atom is 0.338 e. The van der Waals surface area contributed by atoms with E-state index in [-0.39, 0.29) is 11.9 Å². The van der Waals surface area contributed by atoms with Crippen molar-refractivity contribution in [3.8, 4) is 11.5 Å². The number of benzene rings is 4. The second kappa shape index (κ2) is 15.3. The molecule has 0 bridgehead atoms. The summed E-state index contributed by atoms with van der Waals surface area (Å²) in [5, 5.41) is 3.85. The molecule has 0 unspecified atom stereocenters. The number of esters is 2. The van der Waals surface area contributed by atoms with Gasteiger partial charge in [0.2, 0.25) is 0 Å². The molecular formula is C38H43IO6. The van der Waals surface area contributed by atoms with Crippen molar-refractivity contribution in [3.05, 3.63) is 81.4 Å². The Balaban J connectivity index is 0.000000178. The minimum Gasteiger partial charge on any atom is -0.490 e. The second-order valence-corrected chi connectivity index (χ2v) is 13.5. The van der Waals surface area contributed by atoms with E-state index in [2.05, 4.69) is 36.4 Å². The maximum atomic E-state index is 11.9. The number of ether oxygens (including phenoxy) is 4. The van der Waals surface area contributed by atoms with Gasteiger partial charge in [0.05, 0.1) is 41.1 Å². The van der Waals surface area contributed by atoms with Gasteiger partial charge in [0.1, 0.15) is 11.5 Å². The van der Waals surface area contributed by atoms with Gasteiger partial charge in [0.25, 0.3) is 0 Å². The molecule has 2 aliphatic carbocycles. The van der Waals surface area contributed by atoms with Crippen LogP contribution >= 0.6 is 22.6 Å². The normalized spacial score (nSPS) is 21.4. The van der Waals surface area contributed by atoms with Gasteiger partial charge in [-0.2, -0.15) is 0 Å². The van der Waals surface area contributed by atoms with Gasteiger partial charge in [-0.1, -0.05) is 38.1 Å². The van der Waals surface area contributed by atoms with Crippen molar-refractivity contribution >= 4 is 56.1 Å². The van der Waals surface area contributed by atoms with Crippen molar-refractivity contribution in [2.75, 3.05) is 14.2 Å². The molecule has 0 spiro atoms. The predicted molar refractivity (Wildman–Crippen MR) is 187 cm³/mol. The van der Waals surface area contributed by atoms with E-state index >= 15 is 0 Å². The SMILES string of the molecule is COC(=O)c1cccc2c(I)c(OC3CCC(C)CC3)ccc12.COC(=O)c1cccc2cc(OC3CCC(C)CC3)ccc12. The van der Waals surface area contributed by atoms with E-state index in [9.17, 15) is 9.59 Å². The molecule has 2 saturated carbocycles. The Morgan fingerprint density at radius 2 is 1.16 bits per heavy atom. The highest BCUT2D eigenvalue weighted by molar-refractivity contribution is 14.1. The Hall–Kier alpha value is -3.33. The Morgan fingerprint density at radius 3 is 1.76 bits per heavy atom. The number of halogens is 1. The zero-order valence-corrected chi connectivity index (χ0v) is 28.8. The summed E-state index contributed by atoms with van der Waals surface area (Å²) in [7, 11) is 2.82. The molecule has 0 aromatic heterocycles. The molecule has 0 N–H and O–H groups in total. The zero-order valence-electron chi connectivity index (χ0n) is 26.6. The fraction of sp³-hybridized carbons (Fsp3) is 0.421. The lowest BCUT2D eigenvalue weighted by Crippen LogP contribution is -2.23. The monoisotopic (exact) mass is 722 g/mol. The van der Waals surface area contributed by atoms with Crippen LogP contribution in [0.3, 0.4) is 0 Å². The summed E-state index contributed by atoms with van der Waals surface area (Å²) in [6.45, 7) is 4.62. The van der Waals surface area contributed by atoms with Gasteiger partial charge in [-0.3, -0.25) is 0 Å². The predicted octanol–water partition coefficient (Wildman–Crippen LogP) is 9.77. The molecule has 7 heteroatoms. The summed E-state index contributed by atoms with van der Waals surface area (Å²) in [4.78, 5) is 23.7. The van der Waals surface area contributed by atoms with Crippen LogP contribution in [0, 0.1) is 15.4 Å². The van der Waals surface area contributed by atoms with E-state index in [4.69, 9.17) is 18.9 Å². The molecule has 0 aliphatic heterocycles. The van der Waals surface area contributed by atoms with Crippen LogP contribution in [0.15, 0.2) is 66.7 Å². The number of methoxy groups -OCH3 is 2. The van der Waals surface area contributed by atoms with E-state index in [1.165, 1.54) is 39.9 Å². The quantitative estimate of drug-likeness (QED) is 0.146. The lowest BCUT2D eigenvalue weighted by atomic mass is 9.89. The number of hydrogen-bond acceptors (Lipinski definition) is 6. The summed E-state index contributed by atoms with van der Waals surface area (Å²) in [6, 6.07) is 21.2. The Bertz CT molecular complexity index is 1630. The molecule has 0 amide bonds. The van der Waals surface area contributed by atoms with Crippen LogP contribution in [0.5, 0.6) is 11.5 Å². The van der Waals surface area contributed by atoms with E-state index in [1.807, 2.05) is 54.6 Å². The summed E-state index contributed by atoms with van der Waals surface area (Å²) in [5.74, 6) is 2.82. The van der Waals surface area contributed by atoms with Gasteiger partial charge in [-0.15, -0.1) is 0 Å². The molecule has 0 saturated heterocycles. The van der Waals surface area contributed by atoms with Crippen molar-refractivity contribution in [3.63, 3.8) is 0 Å². The summed E-state index contributed by atoms with van der Waals surface area (Å²) < 4.78 is 23.1.